The van der Waals surface area contributed by atoms with E-state index in [1.54, 1.807) is 12.1 Å². The molecule has 1 N–H and O–H groups in total. The third-order valence-electron chi connectivity index (χ3n) is 8.16. The van der Waals surface area contributed by atoms with E-state index in [2.05, 4.69) is 35.3 Å². The number of sulfonamides is 1. The summed E-state index contributed by atoms with van der Waals surface area (Å²) < 4.78 is 35.3. The third-order valence-corrected chi connectivity index (χ3v) is 9.54. The van der Waals surface area contributed by atoms with Crippen molar-refractivity contribution in [1.82, 2.24) is 4.90 Å². The molecule has 7 heteroatoms. The molecular weight excluding hydrogens is 470 g/mol. The van der Waals surface area contributed by atoms with E-state index in [1.165, 1.54) is 18.4 Å². The number of ether oxygens (including phenoxy) is 1. The predicted molar refractivity (Wildman–Crippen MR) is 146 cm³/mol. The smallest absolute Gasteiger partial charge is 0.261 e. The molecule has 2 aromatic carbocycles. The van der Waals surface area contributed by atoms with Crippen LogP contribution >= 0.6 is 0 Å². The van der Waals surface area contributed by atoms with Gasteiger partial charge in [0.05, 0.1) is 28.5 Å². The fourth-order valence-corrected chi connectivity index (χ4v) is 7.09. The van der Waals surface area contributed by atoms with Crippen LogP contribution < -0.4 is 9.62 Å². The molecule has 0 aromatic heterocycles. The maximum absolute atomic E-state index is 13.2. The number of piperidine rings is 1. The summed E-state index contributed by atoms with van der Waals surface area (Å²) in [5, 5.41) is 0. The second kappa shape index (κ2) is 10.7. The van der Waals surface area contributed by atoms with Crippen molar-refractivity contribution in [1.29, 1.82) is 0 Å². The minimum atomic E-state index is -3.66. The number of nitrogens with zero attached hydrogens (tertiary/aromatic N) is 2. The summed E-state index contributed by atoms with van der Waals surface area (Å²) in [5.41, 5.74) is 2.84. The van der Waals surface area contributed by atoms with E-state index in [0.29, 0.717) is 34.6 Å². The standard InChI is InChI=1S/C29H41N3O3S/c1-21-18-31(19-22(2)35-21)20-24-14-16-32(17-15-24)29-7-5-4-6-28(29)30-36(33,34)27-12-10-26(11-13-27)23(3)25-8-9-25/h4-7,10-13,21-25,30H,8-9,14-20H2,1-3H3/t21-,22+,23?. The molecule has 3 atom stereocenters. The quantitative estimate of drug-likeness (QED) is 0.519. The van der Waals surface area contributed by atoms with Crippen molar-refractivity contribution in [2.75, 3.05) is 42.3 Å². The molecule has 2 aliphatic heterocycles. The average molecular weight is 512 g/mol. The third kappa shape index (κ3) is 6.06. The molecule has 196 valence electrons. The van der Waals surface area contributed by atoms with Gasteiger partial charge in [0.1, 0.15) is 0 Å². The minimum Gasteiger partial charge on any atom is -0.373 e. The zero-order valence-corrected chi connectivity index (χ0v) is 22.7. The number of anilines is 2. The molecule has 1 unspecified atom stereocenters. The van der Waals surface area contributed by atoms with E-state index in [1.807, 2.05) is 36.4 Å². The van der Waals surface area contributed by atoms with Gasteiger partial charge in [-0.15, -0.1) is 0 Å². The van der Waals surface area contributed by atoms with Crippen LogP contribution in [0, 0.1) is 11.8 Å². The van der Waals surface area contributed by atoms with Gasteiger partial charge in [-0.05, 0) is 87.1 Å². The SMILES string of the molecule is CC(c1ccc(S(=O)(=O)Nc2ccccc2N2CCC(CN3C[C@@H](C)O[C@@H](C)C3)CC2)cc1)C1CC1. The summed E-state index contributed by atoms with van der Waals surface area (Å²) in [6, 6.07) is 15.2. The molecule has 5 rings (SSSR count). The first-order valence-corrected chi connectivity index (χ1v) is 15.1. The van der Waals surface area contributed by atoms with Crippen LogP contribution in [0.25, 0.3) is 0 Å². The van der Waals surface area contributed by atoms with Crippen LogP contribution in [0.3, 0.4) is 0 Å². The lowest BCUT2D eigenvalue weighted by Gasteiger charge is -2.40. The van der Waals surface area contributed by atoms with E-state index < -0.39 is 10.0 Å². The van der Waals surface area contributed by atoms with Crippen LogP contribution in [0.2, 0.25) is 0 Å². The van der Waals surface area contributed by atoms with Crippen LogP contribution in [0.1, 0.15) is 57.9 Å². The number of benzene rings is 2. The Kier molecular flexibility index (Phi) is 7.61. The first-order chi connectivity index (χ1) is 17.3. The summed E-state index contributed by atoms with van der Waals surface area (Å²) in [4.78, 5) is 5.20. The molecule has 2 heterocycles. The van der Waals surface area contributed by atoms with Crippen molar-refractivity contribution >= 4 is 21.4 Å². The summed E-state index contributed by atoms with van der Waals surface area (Å²) in [6.07, 6.45) is 5.38. The Labute approximate surface area is 217 Å². The lowest BCUT2D eigenvalue weighted by Crippen LogP contribution is -2.48. The molecule has 3 aliphatic rings. The number of nitrogens with one attached hydrogen (secondary N) is 1. The van der Waals surface area contributed by atoms with E-state index in [9.17, 15) is 8.42 Å². The highest BCUT2D eigenvalue weighted by molar-refractivity contribution is 7.92. The largest absolute Gasteiger partial charge is 0.373 e. The first kappa shape index (κ1) is 25.6. The Morgan fingerprint density at radius 1 is 0.944 bits per heavy atom. The number of hydrogen-bond donors (Lipinski definition) is 1. The zero-order valence-electron chi connectivity index (χ0n) is 21.9. The van der Waals surface area contributed by atoms with Gasteiger partial charge in [-0.25, -0.2) is 8.42 Å². The Balaban J connectivity index is 1.21. The molecule has 0 radical (unpaired) electrons. The highest BCUT2D eigenvalue weighted by Gasteiger charge is 2.30. The Bertz CT molecular complexity index is 1110. The van der Waals surface area contributed by atoms with Crippen molar-refractivity contribution in [3.8, 4) is 0 Å². The normalized spacial score (nSPS) is 25.0. The molecule has 0 bridgehead atoms. The fourth-order valence-electron chi connectivity index (χ4n) is 6.01. The maximum Gasteiger partial charge on any atom is 0.261 e. The molecule has 1 saturated carbocycles. The molecule has 3 fully saturated rings. The number of rotatable bonds is 8. The minimum absolute atomic E-state index is 0.298. The monoisotopic (exact) mass is 511 g/mol. The van der Waals surface area contributed by atoms with E-state index in [0.717, 1.165) is 57.2 Å². The van der Waals surface area contributed by atoms with E-state index in [-0.39, 0.29) is 0 Å². The average Bonchev–Trinajstić information content (AvgIpc) is 3.69. The van der Waals surface area contributed by atoms with Crippen LogP contribution in [0.15, 0.2) is 53.4 Å². The fraction of sp³-hybridized carbons (Fsp3) is 0.586. The molecule has 36 heavy (non-hydrogen) atoms. The van der Waals surface area contributed by atoms with Gasteiger partial charge in [-0.3, -0.25) is 9.62 Å². The lowest BCUT2D eigenvalue weighted by atomic mass is 9.95. The Hall–Kier alpha value is -2.09. The highest BCUT2D eigenvalue weighted by Crippen LogP contribution is 2.42. The van der Waals surface area contributed by atoms with Crippen LogP contribution in [0.4, 0.5) is 11.4 Å². The van der Waals surface area contributed by atoms with Gasteiger partial charge in [-0.2, -0.15) is 0 Å². The van der Waals surface area contributed by atoms with Crippen molar-refractivity contribution in [2.24, 2.45) is 11.8 Å². The summed E-state index contributed by atoms with van der Waals surface area (Å²) >= 11 is 0. The van der Waals surface area contributed by atoms with Crippen molar-refractivity contribution in [3.63, 3.8) is 0 Å². The summed E-state index contributed by atoms with van der Waals surface area (Å²) in [6.45, 7) is 11.6. The summed E-state index contributed by atoms with van der Waals surface area (Å²) in [5.74, 6) is 1.91. The molecule has 1 aliphatic carbocycles. The lowest BCUT2D eigenvalue weighted by molar-refractivity contribution is -0.0720. The molecule has 0 spiro atoms. The van der Waals surface area contributed by atoms with Crippen LogP contribution in [-0.4, -0.2) is 58.2 Å². The molecule has 2 aromatic rings. The van der Waals surface area contributed by atoms with Gasteiger partial charge in [-0.1, -0.05) is 31.2 Å². The maximum atomic E-state index is 13.2. The Morgan fingerprint density at radius 3 is 2.22 bits per heavy atom. The molecule has 2 saturated heterocycles. The summed E-state index contributed by atoms with van der Waals surface area (Å²) in [7, 11) is -3.66. The van der Waals surface area contributed by atoms with Gasteiger partial charge in [0, 0.05) is 32.7 Å². The predicted octanol–water partition coefficient (Wildman–Crippen LogP) is 5.33. The Morgan fingerprint density at radius 2 is 1.58 bits per heavy atom. The van der Waals surface area contributed by atoms with Gasteiger partial charge >= 0.3 is 0 Å². The molecular formula is C29H41N3O3S. The number of para-hydroxylation sites is 2. The van der Waals surface area contributed by atoms with Crippen molar-refractivity contribution < 1.29 is 13.2 Å². The van der Waals surface area contributed by atoms with Gasteiger partial charge < -0.3 is 9.64 Å². The van der Waals surface area contributed by atoms with Crippen molar-refractivity contribution in [3.05, 3.63) is 54.1 Å². The number of morpholine rings is 1. The van der Waals surface area contributed by atoms with Crippen molar-refractivity contribution in [2.45, 2.75) is 69.5 Å². The van der Waals surface area contributed by atoms with E-state index >= 15 is 0 Å². The molecule has 6 nitrogen and oxygen atoms in total. The van der Waals surface area contributed by atoms with Crippen LogP contribution in [-0.2, 0) is 14.8 Å². The van der Waals surface area contributed by atoms with Crippen LogP contribution in [0.5, 0.6) is 0 Å². The zero-order chi connectivity index (χ0) is 25.3. The first-order valence-electron chi connectivity index (χ1n) is 13.6. The topological polar surface area (TPSA) is 61.9 Å². The van der Waals surface area contributed by atoms with Gasteiger partial charge in [0.15, 0.2) is 0 Å². The van der Waals surface area contributed by atoms with Gasteiger partial charge in [0.25, 0.3) is 10.0 Å². The van der Waals surface area contributed by atoms with E-state index in [4.69, 9.17) is 4.74 Å². The highest BCUT2D eigenvalue weighted by atomic mass is 32.2. The second-order valence-corrected chi connectivity index (χ2v) is 12.9. The number of hydrogen-bond acceptors (Lipinski definition) is 5. The van der Waals surface area contributed by atoms with Gasteiger partial charge in [0.2, 0.25) is 0 Å². The molecule has 0 amide bonds. The second-order valence-electron chi connectivity index (χ2n) is 11.2.